The van der Waals surface area contributed by atoms with E-state index in [1.54, 1.807) is 11.8 Å². The molecule has 5 heteroatoms. The van der Waals surface area contributed by atoms with Crippen LogP contribution in [0.5, 0.6) is 0 Å². The number of urea groups is 1. The molecule has 1 atom stereocenters. The predicted molar refractivity (Wildman–Crippen MR) is 48.0 cm³/mol. The molecule has 0 aromatic rings. The fraction of sp³-hybridized carbons (Fsp3) is 0.714. The maximum Gasteiger partial charge on any atom is 0.321 e. The van der Waals surface area contributed by atoms with Crippen LogP contribution in [-0.4, -0.2) is 30.0 Å². The standard InChI is InChI=1S/C7H12N2O2S/c1-2-12-4-5-3-8-7(11)9-6(5)10/h5H,2-4H2,1H3,(H2,8,9,10,11). The molecule has 1 unspecified atom stereocenters. The highest BCUT2D eigenvalue weighted by atomic mass is 32.2. The van der Waals surface area contributed by atoms with Gasteiger partial charge in [-0.15, -0.1) is 0 Å². The first kappa shape index (κ1) is 9.38. The lowest BCUT2D eigenvalue weighted by molar-refractivity contribution is -0.123. The normalized spacial score (nSPS) is 23.2. The molecule has 3 amide bonds. The summed E-state index contributed by atoms with van der Waals surface area (Å²) in [5.41, 5.74) is 0. The number of carbonyl (C=O) groups excluding carboxylic acids is 2. The molecule has 0 spiro atoms. The summed E-state index contributed by atoms with van der Waals surface area (Å²) in [6.07, 6.45) is 0. The highest BCUT2D eigenvalue weighted by Gasteiger charge is 2.25. The van der Waals surface area contributed by atoms with Crippen molar-refractivity contribution in [2.24, 2.45) is 5.92 Å². The molecule has 1 fully saturated rings. The molecule has 4 nitrogen and oxygen atoms in total. The third-order valence-electron chi connectivity index (χ3n) is 1.64. The molecule has 68 valence electrons. The lowest BCUT2D eigenvalue weighted by Gasteiger charge is -2.21. The quantitative estimate of drug-likeness (QED) is 0.665. The first-order valence-electron chi connectivity index (χ1n) is 3.90. The van der Waals surface area contributed by atoms with Crippen molar-refractivity contribution in [2.45, 2.75) is 6.92 Å². The fourth-order valence-corrected chi connectivity index (χ4v) is 1.75. The van der Waals surface area contributed by atoms with Crippen LogP contribution >= 0.6 is 11.8 Å². The molecule has 0 bridgehead atoms. The summed E-state index contributed by atoms with van der Waals surface area (Å²) in [7, 11) is 0. The minimum atomic E-state index is -0.377. The topological polar surface area (TPSA) is 58.2 Å². The van der Waals surface area contributed by atoms with Gasteiger partial charge in [-0.1, -0.05) is 6.92 Å². The maximum atomic E-state index is 11.1. The average molecular weight is 188 g/mol. The summed E-state index contributed by atoms with van der Waals surface area (Å²) in [4.78, 5) is 21.8. The molecule has 0 aromatic heterocycles. The first-order valence-corrected chi connectivity index (χ1v) is 5.06. The second kappa shape index (κ2) is 4.35. The van der Waals surface area contributed by atoms with Crippen LogP contribution in [-0.2, 0) is 4.79 Å². The van der Waals surface area contributed by atoms with E-state index in [0.29, 0.717) is 6.54 Å². The number of hydrogen-bond acceptors (Lipinski definition) is 3. The van der Waals surface area contributed by atoms with Crippen molar-refractivity contribution in [2.75, 3.05) is 18.1 Å². The molecule has 0 aliphatic carbocycles. The van der Waals surface area contributed by atoms with Crippen LogP contribution in [0.4, 0.5) is 4.79 Å². The van der Waals surface area contributed by atoms with E-state index in [0.717, 1.165) is 11.5 Å². The van der Waals surface area contributed by atoms with Gasteiger partial charge < -0.3 is 5.32 Å². The number of thioether (sulfide) groups is 1. The highest BCUT2D eigenvalue weighted by molar-refractivity contribution is 7.99. The third-order valence-corrected chi connectivity index (χ3v) is 2.69. The highest BCUT2D eigenvalue weighted by Crippen LogP contribution is 2.09. The lowest BCUT2D eigenvalue weighted by atomic mass is 10.1. The molecule has 0 radical (unpaired) electrons. The summed E-state index contributed by atoms with van der Waals surface area (Å²) < 4.78 is 0. The van der Waals surface area contributed by atoms with Crippen molar-refractivity contribution < 1.29 is 9.59 Å². The van der Waals surface area contributed by atoms with Gasteiger partial charge in [0.1, 0.15) is 0 Å². The molecular weight excluding hydrogens is 176 g/mol. The van der Waals surface area contributed by atoms with Gasteiger partial charge in [0.2, 0.25) is 5.91 Å². The van der Waals surface area contributed by atoms with Crippen molar-refractivity contribution in [1.82, 2.24) is 10.6 Å². The van der Waals surface area contributed by atoms with E-state index in [1.165, 1.54) is 0 Å². The van der Waals surface area contributed by atoms with Crippen LogP contribution in [0.2, 0.25) is 0 Å². The molecule has 0 aromatic carbocycles. The van der Waals surface area contributed by atoms with Gasteiger partial charge in [0.05, 0.1) is 5.92 Å². The van der Waals surface area contributed by atoms with Crippen molar-refractivity contribution >= 4 is 23.7 Å². The molecule has 1 aliphatic rings. The molecule has 1 heterocycles. The molecule has 2 N–H and O–H groups in total. The van der Waals surface area contributed by atoms with Gasteiger partial charge in [-0.3, -0.25) is 10.1 Å². The van der Waals surface area contributed by atoms with Crippen molar-refractivity contribution in [1.29, 1.82) is 0 Å². The minimum Gasteiger partial charge on any atom is -0.337 e. The van der Waals surface area contributed by atoms with E-state index < -0.39 is 0 Å². The van der Waals surface area contributed by atoms with Crippen LogP contribution in [0.3, 0.4) is 0 Å². The smallest absolute Gasteiger partial charge is 0.321 e. The first-order chi connectivity index (χ1) is 5.74. The van der Waals surface area contributed by atoms with E-state index in [4.69, 9.17) is 0 Å². The monoisotopic (exact) mass is 188 g/mol. The predicted octanol–water partition coefficient (Wildman–Crippen LogP) is 0.195. The minimum absolute atomic E-state index is 0.0624. The van der Waals surface area contributed by atoms with Gasteiger partial charge in [0.25, 0.3) is 0 Å². The fourth-order valence-electron chi connectivity index (χ4n) is 0.961. The van der Waals surface area contributed by atoms with Gasteiger partial charge in [-0.25, -0.2) is 4.79 Å². The van der Waals surface area contributed by atoms with Crippen LogP contribution in [0.25, 0.3) is 0 Å². The van der Waals surface area contributed by atoms with Gasteiger partial charge >= 0.3 is 6.03 Å². The van der Waals surface area contributed by atoms with E-state index in [2.05, 4.69) is 10.6 Å². The zero-order chi connectivity index (χ0) is 8.97. The van der Waals surface area contributed by atoms with Gasteiger partial charge in [0.15, 0.2) is 0 Å². The number of carbonyl (C=O) groups is 2. The SMILES string of the molecule is CCSCC1CNC(=O)NC1=O. The molecule has 1 saturated heterocycles. The second-order valence-corrected chi connectivity index (χ2v) is 3.87. The number of nitrogens with one attached hydrogen (secondary N) is 2. The van der Waals surface area contributed by atoms with Crippen LogP contribution in [0.15, 0.2) is 0 Å². The molecule has 1 rings (SSSR count). The van der Waals surface area contributed by atoms with Gasteiger partial charge in [0, 0.05) is 12.3 Å². The number of rotatable bonds is 3. The van der Waals surface area contributed by atoms with Gasteiger partial charge in [-0.05, 0) is 5.75 Å². The summed E-state index contributed by atoms with van der Waals surface area (Å²) in [6, 6.07) is -0.377. The summed E-state index contributed by atoms with van der Waals surface area (Å²) in [5.74, 6) is 1.56. The van der Waals surface area contributed by atoms with Crippen molar-refractivity contribution in [3.05, 3.63) is 0 Å². The summed E-state index contributed by atoms with van der Waals surface area (Å²) in [5, 5.41) is 4.82. The number of hydrogen-bond donors (Lipinski definition) is 2. The zero-order valence-electron chi connectivity index (χ0n) is 6.92. The Kier molecular flexibility index (Phi) is 3.40. The van der Waals surface area contributed by atoms with Crippen LogP contribution in [0.1, 0.15) is 6.92 Å². The molecule has 0 saturated carbocycles. The lowest BCUT2D eigenvalue weighted by Crippen LogP contribution is -2.52. The number of amides is 3. The van der Waals surface area contributed by atoms with E-state index in [1.807, 2.05) is 6.92 Å². The Labute approximate surface area is 75.5 Å². The molecule has 1 aliphatic heterocycles. The maximum absolute atomic E-state index is 11.1. The summed E-state index contributed by atoms with van der Waals surface area (Å²) >= 11 is 1.71. The Bertz CT molecular complexity index is 196. The Morgan fingerprint density at radius 3 is 2.92 bits per heavy atom. The Balaban J connectivity index is 2.35. The molecular formula is C7H12N2O2S. The average Bonchev–Trinajstić information content (AvgIpc) is 2.03. The van der Waals surface area contributed by atoms with Gasteiger partial charge in [-0.2, -0.15) is 11.8 Å². The van der Waals surface area contributed by atoms with E-state index >= 15 is 0 Å². The van der Waals surface area contributed by atoms with Crippen LogP contribution < -0.4 is 10.6 Å². The third kappa shape index (κ3) is 2.41. The second-order valence-electron chi connectivity index (χ2n) is 2.56. The summed E-state index contributed by atoms with van der Waals surface area (Å²) in [6.45, 7) is 2.52. The van der Waals surface area contributed by atoms with Crippen molar-refractivity contribution in [3.63, 3.8) is 0 Å². The Morgan fingerprint density at radius 1 is 1.58 bits per heavy atom. The largest absolute Gasteiger partial charge is 0.337 e. The zero-order valence-corrected chi connectivity index (χ0v) is 7.74. The molecule has 12 heavy (non-hydrogen) atoms. The van der Waals surface area contributed by atoms with Crippen molar-refractivity contribution in [3.8, 4) is 0 Å². The van der Waals surface area contributed by atoms with E-state index in [9.17, 15) is 9.59 Å². The van der Waals surface area contributed by atoms with Crippen LogP contribution in [0, 0.1) is 5.92 Å². The number of imide groups is 1. The van der Waals surface area contributed by atoms with E-state index in [-0.39, 0.29) is 17.9 Å². The Morgan fingerprint density at radius 2 is 2.33 bits per heavy atom. The Hall–Kier alpha value is -0.710.